The first-order valence-corrected chi connectivity index (χ1v) is 9.15. The van der Waals surface area contributed by atoms with Gasteiger partial charge in [0, 0.05) is 43.5 Å². The van der Waals surface area contributed by atoms with Crippen LogP contribution in [0.1, 0.15) is 16.7 Å². The largest absolute Gasteiger partial charge is 0.395 e. The van der Waals surface area contributed by atoms with Crippen LogP contribution in [-0.2, 0) is 17.8 Å². The molecule has 0 atom stereocenters. The lowest BCUT2D eigenvalue weighted by Gasteiger charge is -2.21. The number of aromatic nitrogens is 2. The predicted octanol–water partition coefficient (Wildman–Crippen LogP) is 2.12. The molecule has 0 aliphatic rings. The van der Waals surface area contributed by atoms with Crippen molar-refractivity contribution in [1.82, 2.24) is 20.3 Å². The Hall–Kier alpha value is -3.00. The van der Waals surface area contributed by atoms with Crippen molar-refractivity contribution >= 4 is 23.0 Å². The van der Waals surface area contributed by atoms with Gasteiger partial charge in [-0.2, -0.15) is 0 Å². The van der Waals surface area contributed by atoms with E-state index < -0.39 is 5.91 Å². The Morgan fingerprint density at radius 3 is 2.75 bits per heavy atom. The van der Waals surface area contributed by atoms with Crippen molar-refractivity contribution < 1.29 is 15.1 Å². The predicted molar refractivity (Wildman–Crippen MR) is 108 cm³/mol. The third-order valence-electron chi connectivity index (χ3n) is 4.59. The van der Waals surface area contributed by atoms with Crippen LogP contribution in [0, 0.1) is 0 Å². The van der Waals surface area contributed by atoms with Crippen molar-refractivity contribution in [2.75, 3.05) is 19.7 Å². The van der Waals surface area contributed by atoms with Crippen LogP contribution in [0.15, 0.2) is 54.9 Å². The third kappa shape index (κ3) is 5.26. The fourth-order valence-corrected chi connectivity index (χ4v) is 3.13. The highest BCUT2D eigenvalue weighted by molar-refractivity contribution is 5.90. The molecule has 0 aliphatic carbocycles. The van der Waals surface area contributed by atoms with Gasteiger partial charge in [0.25, 0.3) is 5.91 Å². The molecule has 0 saturated heterocycles. The van der Waals surface area contributed by atoms with Gasteiger partial charge in [-0.1, -0.05) is 24.3 Å². The summed E-state index contributed by atoms with van der Waals surface area (Å²) < 4.78 is 0. The highest BCUT2D eigenvalue weighted by atomic mass is 16.5. The lowest BCUT2D eigenvalue weighted by molar-refractivity contribution is -0.124. The van der Waals surface area contributed by atoms with Gasteiger partial charge in [-0.15, -0.1) is 0 Å². The number of hydroxylamine groups is 1. The minimum absolute atomic E-state index is 0.104. The van der Waals surface area contributed by atoms with E-state index in [1.807, 2.05) is 48.8 Å². The second-order valence-corrected chi connectivity index (χ2v) is 6.51. The third-order valence-corrected chi connectivity index (χ3v) is 4.59. The molecular formula is C21H24N4O3. The van der Waals surface area contributed by atoms with Gasteiger partial charge in [-0.25, -0.2) is 10.5 Å². The average molecular weight is 380 g/mol. The minimum atomic E-state index is -0.564. The lowest BCUT2D eigenvalue weighted by Crippen LogP contribution is -2.28. The molecule has 1 amide bonds. The smallest absolute Gasteiger partial charge is 0.267 e. The number of nitrogens with one attached hydrogen (secondary N) is 2. The highest BCUT2D eigenvalue weighted by Gasteiger charge is 2.09. The van der Waals surface area contributed by atoms with Crippen LogP contribution in [0.2, 0.25) is 0 Å². The summed E-state index contributed by atoms with van der Waals surface area (Å²) in [6.07, 6.45) is 7.48. The number of aliphatic hydroxyl groups is 1. The summed E-state index contributed by atoms with van der Waals surface area (Å²) in [6.45, 7) is 2.25. The van der Waals surface area contributed by atoms with Crippen LogP contribution in [0.4, 0.5) is 0 Å². The van der Waals surface area contributed by atoms with Gasteiger partial charge in [0.2, 0.25) is 0 Å². The maximum atomic E-state index is 11.0. The topological polar surface area (TPSA) is 101 Å². The molecule has 0 fully saturated rings. The normalized spacial score (nSPS) is 11.5. The molecule has 146 valence electrons. The van der Waals surface area contributed by atoms with Gasteiger partial charge in [-0.3, -0.25) is 14.9 Å². The van der Waals surface area contributed by atoms with E-state index in [0.29, 0.717) is 6.54 Å². The summed E-state index contributed by atoms with van der Waals surface area (Å²) in [5.74, 6) is -0.564. The number of amides is 1. The molecule has 1 aromatic carbocycles. The monoisotopic (exact) mass is 380 g/mol. The van der Waals surface area contributed by atoms with Crippen molar-refractivity contribution in [2.24, 2.45) is 0 Å². The molecule has 2 heterocycles. The molecule has 0 aliphatic heterocycles. The molecule has 0 radical (unpaired) electrons. The number of aromatic amines is 1. The van der Waals surface area contributed by atoms with E-state index in [-0.39, 0.29) is 6.61 Å². The second kappa shape index (κ2) is 9.80. The molecule has 28 heavy (non-hydrogen) atoms. The molecule has 3 aromatic rings. The number of fused-ring (bicyclic) bond motifs is 1. The number of aliphatic hydroxyl groups excluding tert-OH is 1. The molecule has 7 heteroatoms. The lowest BCUT2D eigenvalue weighted by atomic mass is 10.1. The Labute approximate surface area is 163 Å². The molecular weight excluding hydrogens is 356 g/mol. The van der Waals surface area contributed by atoms with Crippen LogP contribution >= 0.6 is 0 Å². The van der Waals surface area contributed by atoms with E-state index >= 15 is 0 Å². The molecule has 0 unspecified atom stereocenters. The number of H-pyrrole nitrogens is 1. The number of benzene rings is 1. The van der Waals surface area contributed by atoms with Crippen molar-refractivity contribution in [1.29, 1.82) is 0 Å². The van der Waals surface area contributed by atoms with Gasteiger partial charge >= 0.3 is 0 Å². The fraction of sp³-hybridized carbons (Fsp3) is 0.238. The quantitative estimate of drug-likeness (QED) is 0.259. The number of carbonyl (C=O) groups excluding carboxylic acids is 1. The van der Waals surface area contributed by atoms with E-state index in [9.17, 15) is 9.90 Å². The van der Waals surface area contributed by atoms with E-state index in [1.54, 1.807) is 11.6 Å². The Balaban J connectivity index is 1.62. The van der Waals surface area contributed by atoms with E-state index in [1.165, 1.54) is 11.6 Å². The number of nitrogens with zero attached hydrogens (tertiary/aromatic N) is 2. The van der Waals surface area contributed by atoms with Gasteiger partial charge in [0.05, 0.1) is 6.61 Å². The van der Waals surface area contributed by atoms with Crippen molar-refractivity contribution in [3.05, 3.63) is 71.6 Å². The molecule has 0 bridgehead atoms. The Bertz CT molecular complexity index is 934. The highest BCUT2D eigenvalue weighted by Crippen LogP contribution is 2.16. The minimum Gasteiger partial charge on any atom is -0.395 e. The molecule has 0 saturated carbocycles. The van der Waals surface area contributed by atoms with Gasteiger partial charge in [0.15, 0.2) is 0 Å². The SMILES string of the molecule is O=C(/C=C/c1ccc(CN(CCO)CCc2ccnc3[nH]ccc23)cc1)NO. The molecule has 7 nitrogen and oxygen atoms in total. The number of carbonyl (C=O) groups is 1. The van der Waals surface area contributed by atoms with E-state index in [0.717, 1.165) is 41.7 Å². The second-order valence-electron chi connectivity index (χ2n) is 6.51. The summed E-state index contributed by atoms with van der Waals surface area (Å²) >= 11 is 0. The zero-order chi connectivity index (χ0) is 19.8. The summed E-state index contributed by atoms with van der Waals surface area (Å²) in [4.78, 5) is 20.7. The fourth-order valence-electron chi connectivity index (χ4n) is 3.13. The zero-order valence-electron chi connectivity index (χ0n) is 15.5. The average Bonchev–Trinajstić information content (AvgIpc) is 3.21. The number of hydrogen-bond donors (Lipinski definition) is 4. The Morgan fingerprint density at radius 2 is 2.00 bits per heavy atom. The summed E-state index contributed by atoms with van der Waals surface area (Å²) in [5.41, 5.74) is 5.68. The maximum Gasteiger partial charge on any atom is 0.267 e. The first-order chi connectivity index (χ1) is 13.7. The van der Waals surface area contributed by atoms with Crippen molar-refractivity contribution in [3.63, 3.8) is 0 Å². The maximum absolute atomic E-state index is 11.0. The first kappa shape index (κ1) is 19.8. The number of hydrogen-bond acceptors (Lipinski definition) is 5. The van der Waals surface area contributed by atoms with Crippen LogP contribution in [0.3, 0.4) is 0 Å². The molecule has 4 N–H and O–H groups in total. The zero-order valence-corrected chi connectivity index (χ0v) is 15.5. The summed E-state index contributed by atoms with van der Waals surface area (Å²) in [6, 6.07) is 11.9. The van der Waals surface area contributed by atoms with Crippen LogP contribution in [0.5, 0.6) is 0 Å². The van der Waals surface area contributed by atoms with E-state index in [4.69, 9.17) is 5.21 Å². The Morgan fingerprint density at radius 1 is 1.18 bits per heavy atom. The van der Waals surface area contributed by atoms with Crippen LogP contribution in [-0.4, -0.2) is 50.8 Å². The van der Waals surface area contributed by atoms with Gasteiger partial charge < -0.3 is 10.1 Å². The van der Waals surface area contributed by atoms with Crippen molar-refractivity contribution in [3.8, 4) is 0 Å². The van der Waals surface area contributed by atoms with Crippen LogP contribution < -0.4 is 5.48 Å². The molecule has 3 rings (SSSR count). The Kier molecular flexibility index (Phi) is 6.91. The molecule has 2 aromatic heterocycles. The van der Waals surface area contributed by atoms with Gasteiger partial charge in [-0.05, 0) is 41.3 Å². The standard InChI is InChI=1S/C21H24N4O3/c26-14-13-25(12-9-18-7-10-22-21-19(18)8-11-23-21)15-17-3-1-16(2-4-17)5-6-20(27)24-28/h1-8,10-11,26,28H,9,12-15H2,(H,22,23)(H,24,27)/b6-5+. The van der Waals surface area contributed by atoms with E-state index in [2.05, 4.69) is 14.9 Å². The molecule has 0 spiro atoms. The number of pyridine rings is 1. The first-order valence-electron chi connectivity index (χ1n) is 9.15. The van der Waals surface area contributed by atoms with Crippen molar-refractivity contribution in [2.45, 2.75) is 13.0 Å². The van der Waals surface area contributed by atoms with Crippen LogP contribution in [0.25, 0.3) is 17.1 Å². The summed E-state index contributed by atoms with van der Waals surface area (Å²) in [5, 5.41) is 19.1. The van der Waals surface area contributed by atoms with Gasteiger partial charge in [0.1, 0.15) is 5.65 Å². The summed E-state index contributed by atoms with van der Waals surface area (Å²) in [7, 11) is 0. The number of rotatable bonds is 9.